The van der Waals surface area contributed by atoms with Gasteiger partial charge in [0.2, 0.25) is 0 Å². The molecule has 2 nitrogen and oxygen atoms in total. The summed E-state index contributed by atoms with van der Waals surface area (Å²) in [5, 5.41) is 8.96. The zero-order chi connectivity index (χ0) is 37.1. The number of nitrogens with one attached hydrogen (secondary N) is 1. The van der Waals surface area contributed by atoms with E-state index in [9.17, 15) is 0 Å². The number of nitrogens with zero attached hydrogens (tertiary/aromatic N) is 1. The van der Waals surface area contributed by atoms with Crippen molar-refractivity contribution in [1.29, 1.82) is 5.41 Å². The lowest BCUT2D eigenvalue weighted by atomic mass is 9.94. The van der Waals surface area contributed by atoms with E-state index in [1.54, 1.807) is 6.08 Å². The van der Waals surface area contributed by atoms with Crippen molar-refractivity contribution < 1.29 is 0 Å². The summed E-state index contributed by atoms with van der Waals surface area (Å²) in [4.78, 5) is 4.92. The van der Waals surface area contributed by atoms with Crippen molar-refractivity contribution in [2.45, 2.75) is 0 Å². The van der Waals surface area contributed by atoms with Crippen LogP contribution in [0.2, 0.25) is 0 Å². The van der Waals surface area contributed by atoms with Crippen LogP contribution in [0.25, 0.3) is 56.2 Å². The van der Waals surface area contributed by atoms with Crippen LogP contribution >= 0.6 is 0 Å². The minimum absolute atomic E-state index is 0.205. The highest BCUT2D eigenvalue weighted by atomic mass is 14.8. The van der Waals surface area contributed by atoms with Gasteiger partial charge in [0.15, 0.2) is 5.84 Å². The molecule has 0 aliphatic carbocycles. The van der Waals surface area contributed by atoms with Crippen molar-refractivity contribution in [2.75, 3.05) is 0 Å². The van der Waals surface area contributed by atoms with E-state index in [2.05, 4.69) is 159 Å². The first-order valence-electron chi connectivity index (χ1n) is 18.0. The van der Waals surface area contributed by atoms with Crippen molar-refractivity contribution in [1.82, 2.24) is 0 Å². The van der Waals surface area contributed by atoms with Crippen LogP contribution in [0.15, 0.2) is 224 Å². The Kier molecular flexibility index (Phi) is 11.0. The summed E-state index contributed by atoms with van der Waals surface area (Å²) in [5.74, 6) is 0.205. The largest absolute Gasteiger partial charge is 0.282 e. The number of rotatable bonds is 11. The normalized spacial score (nSPS) is 11.7. The average molecular weight is 693 g/mol. The van der Waals surface area contributed by atoms with Gasteiger partial charge in [0, 0.05) is 11.1 Å². The lowest BCUT2D eigenvalue weighted by molar-refractivity contribution is 1.41. The molecule has 7 aromatic rings. The standard InChI is InChI=1S/C52H40N2/c1-3-15-39(4-2)42-25-31-45(32-26-42)50-35-38(34-49(37-50)41-18-10-6-11-19-41)24-33-51(54-52(53)46-20-12-7-13-21-46)48-23-14-22-47(36-48)44-29-27-43(28-30-44)40-16-8-5-9-17-40/h3-37,53H,1-2H2/b33-24+,39-15+,53-52?,54-51+. The Balaban J connectivity index is 1.28. The zero-order valence-corrected chi connectivity index (χ0v) is 30.1. The molecule has 0 atom stereocenters. The highest BCUT2D eigenvalue weighted by Crippen LogP contribution is 2.31. The maximum absolute atomic E-state index is 8.96. The monoisotopic (exact) mass is 692 g/mol. The summed E-state index contributed by atoms with van der Waals surface area (Å²) in [5.41, 5.74) is 14.6. The van der Waals surface area contributed by atoms with Gasteiger partial charge in [-0.05, 0) is 91.5 Å². The van der Waals surface area contributed by atoms with E-state index in [0.29, 0.717) is 5.71 Å². The quantitative estimate of drug-likeness (QED) is 0.0796. The molecular formula is C52H40N2. The second-order valence-corrected chi connectivity index (χ2v) is 12.9. The Bertz CT molecular complexity index is 2490. The van der Waals surface area contributed by atoms with Gasteiger partial charge in [-0.15, -0.1) is 0 Å². The summed E-state index contributed by atoms with van der Waals surface area (Å²) >= 11 is 0. The van der Waals surface area contributed by atoms with Gasteiger partial charge in [-0.2, -0.15) is 0 Å². The first-order valence-corrected chi connectivity index (χ1v) is 18.0. The van der Waals surface area contributed by atoms with Crippen LogP contribution in [-0.4, -0.2) is 11.5 Å². The zero-order valence-electron chi connectivity index (χ0n) is 30.1. The SMILES string of the molecule is C=C/C=C(\C=C)c1ccc(-c2cc(/C=C/C(=N\C(=N)c3ccccc3)c3cccc(-c4ccc(-c5ccccc5)cc4)c3)cc(-c3ccccc3)c2)cc1. The lowest BCUT2D eigenvalue weighted by Crippen LogP contribution is -2.04. The first kappa shape index (κ1) is 35.3. The maximum atomic E-state index is 8.96. The van der Waals surface area contributed by atoms with Gasteiger partial charge in [-0.1, -0.05) is 195 Å². The van der Waals surface area contributed by atoms with E-state index in [-0.39, 0.29) is 5.84 Å². The maximum Gasteiger partial charge on any atom is 0.152 e. The molecular weight excluding hydrogens is 653 g/mol. The van der Waals surface area contributed by atoms with E-state index in [1.165, 1.54) is 11.1 Å². The molecule has 0 spiro atoms. The van der Waals surface area contributed by atoms with E-state index in [0.717, 1.165) is 61.2 Å². The molecule has 2 heteroatoms. The molecule has 0 saturated carbocycles. The molecule has 0 fully saturated rings. The Morgan fingerprint density at radius 2 is 0.926 bits per heavy atom. The van der Waals surface area contributed by atoms with E-state index < -0.39 is 0 Å². The second kappa shape index (κ2) is 16.9. The third-order valence-corrected chi connectivity index (χ3v) is 9.33. The molecule has 0 aromatic heterocycles. The van der Waals surface area contributed by atoms with E-state index in [1.807, 2.05) is 60.7 Å². The number of amidine groups is 1. The Morgan fingerprint density at radius 3 is 1.52 bits per heavy atom. The fourth-order valence-corrected chi connectivity index (χ4v) is 6.47. The molecule has 0 radical (unpaired) electrons. The molecule has 7 rings (SSSR count). The molecule has 0 unspecified atom stereocenters. The van der Waals surface area contributed by atoms with Crippen molar-refractivity contribution in [3.8, 4) is 44.5 Å². The van der Waals surface area contributed by atoms with Gasteiger partial charge in [0.05, 0.1) is 5.71 Å². The molecule has 0 bridgehead atoms. The minimum Gasteiger partial charge on any atom is -0.282 e. The highest BCUT2D eigenvalue weighted by Gasteiger charge is 2.10. The Labute approximate surface area is 318 Å². The molecule has 1 N–H and O–H groups in total. The van der Waals surface area contributed by atoms with Crippen LogP contribution in [0.3, 0.4) is 0 Å². The van der Waals surface area contributed by atoms with Crippen LogP contribution < -0.4 is 0 Å². The van der Waals surface area contributed by atoms with Crippen LogP contribution in [0, 0.1) is 5.41 Å². The van der Waals surface area contributed by atoms with Gasteiger partial charge in [-0.25, -0.2) is 4.99 Å². The molecule has 54 heavy (non-hydrogen) atoms. The number of aliphatic imine (C=N–C) groups is 1. The molecule has 0 saturated heterocycles. The topological polar surface area (TPSA) is 36.2 Å². The first-order chi connectivity index (χ1) is 26.6. The Morgan fingerprint density at radius 1 is 0.444 bits per heavy atom. The van der Waals surface area contributed by atoms with Gasteiger partial charge in [0.25, 0.3) is 0 Å². The third-order valence-electron chi connectivity index (χ3n) is 9.33. The number of benzene rings is 7. The van der Waals surface area contributed by atoms with Crippen molar-refractivity contribution in [3.05, 3.63) is 242 Å². The minimum atomic E-state index is 0.205. The summed E-state index contributed by atoms with van der Waals surface area (Å²) in [6, 6.07) is 62.8. The predicted octanol–water partition coefficient (Wildman–Crippen LogP) is 13.6. The second-order valence-electron chi connectivity index (χ2n) is 12.9. The van der Waals surface area contributed by atoms with Crippen LogP contribution in [0.1, 0.15) is 22.3 Å². The predicted molar refractivity (Wildman–Crippen MR) is 232 cm³/mol. The summed E-state index contributed by atoms with van der Waals surface area (Å²) in [6.45, 7) is 7.82. The highest BCUT2D eigenvalue weighted by molar-refractivity contribution is 6.18. The summed E-state index contributed by atoms with van der Waals surface area (Å²) < 4.78 is 0. The van der Waals surface area contributed by atoms with Gasteiger partial charge >= 0.3 is 0 Å². The molecule has 258 valence electrons. The van der Waals surface area contributed by atoms with Crippen molar-refractivity contribution in [3.63, 3.8) is 0 Å². The lowest BCUT2D eigenvalue weighted by Gasteiger charge is -2.11. The molecule has 0 aliphatic heterocycles. The third kappa shape index (κ3) is 8.48. The van der Waals surface area contributed by atoms with E-state index in [4.69, 9.17) is 10.4 Å². The number of allylic oxidation sites excluding steroid dienone is 5. The molecule has 0 aliphatic rings. The fourth-order valence-electron chi connectivity index (χ4n) is 6.47. The fraction of sp³-hybridized carbons (Fsp3) is 0. The van der Waals surface area contributed by atoms with Crippen molar-refractivity contribution in [2.24, 2.45) is 4.99 Å². The van der Waals surface area contributed by atoms with Gasteiger partial charge in [0.1, 0.15) is 0 Å². The van der Waals surface area contributed by atoms with Crippen LogP contribution in [-0.2, 0) is 0 Å². The Hall–Kier alpha value is -7.16. The number of hydrogen-bond acceptors (Lipinski definition) is 1. The average Bonchev–Trinajstić information content (AvgIpc) is 3.25. The van der Waals surface area contributed by atoms with Crippen molar-refractivity contribution >= 4 is 23.2 Å². The molecule has 0 amide bonds. The molecule has 0 heterocycles. The molecule has 7 aromatic carbocycles. The van der Waals surface area contributed by atoms with Gasteiger partial charge < -0.3 is 0 Å². The van der Waals surface area contributed by atoms with Crippen LogP contribution in [0.5, 0.6) is 0 Å². The van der Waals surface area contributed by atoms with E-state index >= 15 is 0 Å². The number of hydrogen-bond donors (Lipinski definition) is 1. The summed E-state index contributed by atoms with van der Waals surface area (Å²) in [6.07, 6.45) is 9.73. The summed E-state index contributed by atoms with van der Waals surface area (Å²) in [7, 11) is 0. The van der Waals surface area contributed by atoms with Crippen LogP contribution in [0.4, 0.5) is 0 Å². The smallest absolute Gasteiger partial charge is 0.152 e. The van der Waals surface area contributed by atoms with Gasteiger partial charge in [-0.3, -0.25) is 5.41 Å².